The van der Waals surface area contributed by atoms with E-state index in [1.807, 2.05) is 0 Å². The Bertz CT molecular complexity index is 353. The van der Waals surface area contributed by atoms with Gasteiger partial charge in [-0.2, -0.15) is 13.2 Å². The molecule has 18 heavy (non-hydrogen) atoms. The fraction of sp³-hybridized carbons (Fsp3) is 0.889. The molecule has 0 bridgehead atoms. The third-order valence-corrected chi connectivity index (χ3v) is 3.04. The van der Waals surface area contributed by atoms with Crippen molar-refractivity contribution < 1.29 is 31.5 Å². The van der Waals surface area contributed by atoms with Crippen LogP contribution in [0.4, 0.5) is 26.7 Å². The van der Waals surface area contributed by atoms with Gasteiger partial charge in [0.2, 0.25) is 0 Å². The third-order valence-electron chi connectivity index (χ3n) is 3.04. The highest BCUT2D eigenvalue weighted by molar-refractivity contribution is 5.69. The molecule has 1 unspecified atom stereocenters. The van der Waals surface area contributed by atoms with Crippen LogP contribution < -0.4 is 10.6 Å². The number of amides is 1. The number of carbonyl (C=O) groups excluding carboxylic acids is 1. The van der Waals surface area contributed by atoms with Crippen LogP contribution >= 0.6 is 0 Å². The molecule has 104 valence electrons. The highest BCUT2D eigenvalue weighted by Gasteiger charge is 2.65. The maximum absolute atomic E-state index is 13.1. The standard InChI is InChI=1S/C9H11F5N2O2/c10-8(11)4-15-3-5(8)18-6(17)16-7(1-2-7)9(12,13)14/h5,15H,1-4H2,(H,16,17). The molecule has 0 aromatic heterocycles. The Balaban J connectivity index is 1.90. The molecule has 1 aliphatic carbocycles. The molecule has 2 N–H and O–H groups in total. The minimum Gasteiger partial charge on any atom is -0.438 e. The lowest BCUT2D eigenvalue weighted by atomic mass is 10.2. The Morgan fingerprint density at radius 3 is 2.33 bits per heavy atom. The van der Waals surface area contributed by atoms with Gasteiger partial charge in [-0.1, -0.05) is 0 Å². The summed E-state index contributed by atoms with van der Waals surface area (Å²) in [5, 5.41) is 3.92. The van der Waals surface area contributed by atoms with E-state index < -0.39 is 36.4 Å². The van der Waals surface area contributed by atoms with Crippen molar-refractivity contribution in [3.8, 4) is 0 Å². The zero-order chi connectivity index (χ0) is 13.6. The summed E-state index contributed by atoms with van der Waals surface area (Å²) in [7, 11) is 0. The first-order valence-corrected chi connectivity index (χ1v) is 5.30. The van der Waals surface area contributed by atoms with E-state index in [9.17, 15) is 26.7 Å². The lowest BCUT2D eigenvalue weighted by molar-refractivity contribution is -0.165. The van der Waals surface area contributed by atoms with Crippen molar-refractivity contribution in [2.24, 2.45) is 0 Å². The predicted molar refractivity (Wildman–Crippen MR) is 49.2 cm³/mol. The van der Waals surface area contributed by atoms with Crippen molar-refractivity contribution in [1.29, 1.82) is 0 Å². The van der Waals surface area contributed by atoms with Crippen molar-refractivity contribution in [3.63, 3.8) is 0 Å². The highest BCUT2D eigenvalue weighted by Crippen LogP contribution is 2.49. The fourth-order valence-corrected chi connectivity index (χ4v) is 1.72. The molecule has 0 aromatic rings. The molecular formula is C9H11F5N2O2. The van der Waals surface area contributed by atoms with E-state index in [4.69, 9.17) is 0 Å². The van der Waals surface area contributed by atoms with E-state index >= 15 is 0 Å². The molecule has 0 aromatic carbocycles. The molecule has 2 aliphatic rings. The van der Waals surface area contributed by atoms with E-state index in [-0.39, 0.29) is 19.4 Å². The van der Waals surface area contributed by atoms with E-state index in [1.54, 1.807) is 5.32 Å². The zero-order valence-corrected chi connectivity index (χ0v) is 9.11. The number of ether oxygens (including phenoxy) is 1. The Morgan fingerprint density at radius 1 is 1.33 bits per heavy atom. The molecule has 1 saturated heterocycles. The van der Waals surface area contributed by atoms with Gasteiger partial charge in [-0.15, -0.1) is 0 Å². The summed E-state index contributed by atoms with van der Waals surface area (Å²) in [6.07, 6.45) is -8.31. The van der Waals surface area contributed by atoms with Gasteiger partial charge in [-0.05, 0) is 12.8 Å². The summed E-state index contributed by atoms with van der Waals surface area (Å²) in [5.74, 6) is -3.26. The summed E-state index contributed by atoms with van der Waals surface area (Å²) >= 11 is 0. The molecule has 9 heteroatoms. The number of alkyl halides is 5. The van der Waals surface area contributed by atoms with E-state index in [1.165, 1.54) is 0 Å². The Morgan fingerprint density at radius 2 is 1.94 bits per heavy atom. The normalized spacial score (nSPS) is 28.8. The number of alkyl carbamates (subject to hydrolysis) is 1. The number of hydrogen-bond acceptors (Lipinski definition) is 3. The molecule has 0 spiro atoms. The van der Waals surface area contributed by atoms with Gasteiger partial charge in [0.05, 0.1) is 6.54 Å². The van der Waals surface area contributed by atoms with Gasteiger partial charge in [0.15, 0.2) is 6.10 Å². The van der Waals surface area contributed by atoms with E-state index in [0.717, 1.165) is 0 Å². The van der Waals surface area contributed by atoms with Crippen LogP contribution in [0, 0.1) is 0 Å². The van der Waals surface area contributed by atoms with Gasteiger partial charge in [0.1, 0.15) is 5.54 Å². The van der Waals surface area contributed by atoms with Crippen LogP contribution in [0.25, 0.3) is 0 Å². The molecule has 2 rings (SSSR count). The maximum Gasteiger partial charge on any atom is 0.411 e. The molecule has 1 atom stereocenters. The summed E-state index contributed by atoms with van der Waals surface area (Å²) in [6.45, 7) is -0.936. The monoisotopic (exact) mass is 274 g/mol. The lowest BCUT2D eigenvalue weighted by Crippen LogP contribution is -2.50. The van der Waals surface area contributed by atoms with E-state index in [0.29, 0.717) is 0 Å². The number of halogens is 5. The van der Waals surface area contributed by atoms with Gasteiger partial charge >= 0.3 is 12.3 Å². The van der Waals surface area contributed by atoms with Crippen LogP contribution in [-0.2, 0) is 4.74 Å². The molecule has 4 nitrogen and oxygen atoms in total. The van der Waals surface area contributed by atoms with Crippen molar-refractivity contribution in [1.82, 2.24) is 10.6 Å². The summed E-state index contributed by atoms with van der Waals surface area (Å²) in [6, 6.07) is 0. The molecule has 1 saturated carbocycles. The predicted octanol–water partition coefficient (Wildman–Crippen LogP) is 1.41. The molecule has 1 aliphatic heterocycles. The van der Waals surface area contributed by atoms with Crippen molar-refractivity contribution in [2.45, 2.75) is 36.6 Å². The second kappa shape index (κ2) is 3.94. The van der Waals surface area contributed by atoms with Crippen molar-refractivity contribution >= 4 is 6.09 Å². The van der Waals surface area contributed by atoms with Crippen LogP contribution in [-0.4, -0.2) is 42.9 Å². The van der Waals surface area contributed by atoms with Crippen molar-refractivity contribution in [3.05, 3.63) is 0 Å². The number of nitrogens with one attached hydrogen (secondary N) is 2. The average Bonchev–Trinajstić information content (AvgIpc) is 2.89. The molecule has 1 heterocycles. The number of rotatable bonds is 2. The zero-order valence-electron chi connectivity index (χ0n) is 9.11. The van der Waals surface area contributed by atoms with Crippen LogP contribution in [0.2, 0.25) is 0 Å². The quantitative estimate of drug-likeness (QED) is 0.749. The van der Waals surface area contributed by atoms with Crippen molar-refractivity contribution in [2.75, 3.05) is 13.1 Å². The SMILES string of the molecule is O=C(NC1(C(F)(F)F)CC1)OC1CNCC1(F)F. The Kier molecular flexibility index (Phi) is 2.91. The number of hydrogen-bond donors (Lipinski definition) is 2. The van der Waals surface area contributed by atoms with Crippen LogP contribution in [0.3, 0.4) is 0 Å². The second-order valence-electron chi connectivity index (χ2n) is 4.49. The van der Waals surface area contributed by atoms with Gasteiger partial charge in [-0.25, -0.2) is 13.6 Å². The molecule has 1 amide bonds. The summed E-state index contributed by atoms with van der Waals surface area (Å²) < 4.78 is 67.9. The highest BCUT2D eigenvalue weighted by atomic mass is 19.4. The first kappa shape index (κ1) is 13.3. The first-order valence-electron chi connectivity index (χ1n) is 5.30. The fourth-order valence-electron chi connectivity index (χ4n) is 1.72. The third kappa shape index (κ3) is 2.36. The summed E-state index contributed by atoms with van der Waals surface area (Å²) in [4.78, 5) is 11.2. The van der Waals surface area contributed by atoms with E-state index in [2.05, 4.69) is 10.1 Å². The molecular weight excluding hydrogens is 263 g/mol. The minimum absolute atomic E-state index is 0.259. The smallest absolute Gasteiger partial charge is 0.411 e. The van der Waals surface area contributed by atoms with Crippen LogP contribution in [0.1, 0.15) is 12.8 Å². The first-order chi connectivity index (χ1) is 8.16. The largest absolute Gasteiger partial charge is 0.438 e. The molecule has 2 fully saturated rings. The topological polar surface area (TPSA) is 50.4 Å². The number of carbonyl (C=O) groups is 1. The molecule has 0 radical (unpaired) electrons. The second-order valence-corrected chi connectivity index (χ2v) is 4.49. The van der Waals surface area contributed by atoms with Crippen LogP contribution in [0.15, 0.2) is 0 Å². The van der Waals surface area contributed by atoms with Gasteiger partial charge < -0.3 is 15.4 Å². The lowest BCUT2D eigenvalue weighted by Gasteiger charge is -2.23. The Hall–Kier alpha value is -1.12. The average molecular weight is 274 g/mol. The van der Waals surface area contributed by atoms with Gasteiger partial charge in [0.25, 0.3) is 5.92 Å². The van der Waals surface area contributed by atoms with Gasteiger partial charge in [-0.3, -0.25) is 0 Å². The van der Waals surface area contributed by atoms with Gasteiger partial charge in [0, 0.05) is 6.54 Å². The maximum atomic E-state index is 13.1. The summed E-state index contributed by atoms with van der Waals surface area (Å²) in [5.41, 5.74) is -2.30. The Labute approximate surface area is 98.8 Å². The van der Waals surface area contributed by atoms with Crippen LogP contribution in [0.5, 0.6) is 0 Å². The minimum atomic E-state index is -4.59.